The standard InChI is InChI=1S/C16H31N3O2/c1-3-16(4-2,12-20)18-15(21)14-6-5-11-19(14)13-7-9-17-10-8-13/h13-14,17,20H,3-12H2,1-2H3,(H,18,21). The van der Waals surface area contributed by atoms with Crippen LogP contribution in [0.4, 0.5) is 0 Å². The van der Waals surface area contributed by atoms with E-state index in [1.54, 1.807) is 0 Å². The highest BCUT2D eigenvalue weighted by Crippen LogP contribution is 2.25. The van der Waals surface area contributed by atoms with Gasteiger partial charge in [-0.25, -0.2) is 0 Å². The van der Waals surface area contributed by atoms with Crippen LogP contribution >= 0.6 is 0 Å². The van der Waals surface area contributed by atoms with Gasteiger partial charge in [0, 0.05) is 6.04 Å². The molecule has 0 radical (unpaired) electrons. The van der Waals surface area contributed by atoms with E-state index in [1.165, 1.54) is 0 Å². The number of carbonyl (C=O) groups is 1. The van der Waals surface area contributed by atoms with Crippen LogP contribution in [-0.4, -0.2) is 59.8 Å². The Kier molecular flexibility index (Phi) is 6.02. The number of nitrogens with one attached hydrogen (secondary N) is 2. The number of rotatable bonds is 6. The Labute approximate surface area is 128 Å². The van der Waals surface area contributed by atoms with Crippen LogP contribution in [0.5, 0.6) is 0 Å². The Balaban J connectivity index is 1.99. The second-order valence-electron chi connectivity index (χ2n) is 6.51. The monoisotopic (exact) mass is 297 g/mol. The first-order chi connectivity index (χ1) is 10.2. The third-order valence-corrected chi connectivity index (χ3v) is 5.42. The number of aliphatic hydroxyl groups is 1. The van der Waals surface area contributed by atoms with Crippen molar-refractivity contribution >= 4 is 5.91 Å². The van der Waals surface area contributed by atoms with Crippen LogP contribution in [0.2, 0.25) is 0 Å². The van der Waals surface area contributed by atoms with Gasteiger partial charge >= 0.3 is 0 Å². The lowest BCUT2D eigenvalue weighted by atomic mass is 9.93. The first kappa shape index (κ1) is 16.7. The molecule has 0 bridgehead atoms. The quantitative estimate of drug-likeness (QED) is 0.681. The van der Waals surface area contributed by atoms with Gasteiger partial charge < -0.3 is 15.7 Å². The van der Waals surface area contributed by atoms with Gasteiger partial charge in [-0.15, -0.1) is 0 Å². The zero-order valence-corrected chi connectivity index (χ0v) is 13.5. The summed E-state index contributed by atoms with van der Waals surface area (Å²) in [7, 11) is 0. The van der Waals surface area contributed by atoms with E-state index in [1.807, 2.05) is 13.8 Å². The number of carbonyl (C=O) groups excluding carboxylic acids is 1. The number of hydrogen-bond acceptors (Lipinski definition) is 4. The van der Waals surface area contributed by atoms with E-state index in [0.717, 1.165) is 58.2 Å². The summed E-state index contributed by atoms with van der Waals surface area (Å²) in [5, 5.41) is 16.2. The highest BCUT2D eigenvalue weighted by atomic mass is 16.3. The summed E-state index contributed by atoms with van der Waals surface area (Å²) in [5.74, 6) is 0.115. The third-order valence-electron chi connectivity index (χ3n) is 5.42. The topological polar surface area (TPSA) is 64.6 Å². The average molecular weight is 297 g/mol. The first-order valence-electron chi connectivity index (χ1n) is 8.55. The Morgan fingerprint density at radius 1 is 1.29 bits per heavy atom. The minimum absolute atomic E-state index is 0.00266. The molecule has 21 heavy (non-hydrogen) atoms. The average Bonchev–Trinajstić information content (AvgIpc) is 3.03. The SMILES string of the molecule is CCC(CC)(CO)NC(=O)C1CCCN1C1CCNCC1. The van der Waals surface area contributed by atoms with E-state index in [0.29, 0.717) is 6.04 Å². The molecular weight excluding hydrogens is 266 g/mol. The fraction of sp³-hybridized carbons (Fsp3) is 0.938. The molecule has 5 nitrogen and oxygen atoms in total. The number of likely N-dealkylation sites (tertiary alicyclic amines) is 1. The predicted molar refractivity (Wildman–Crippen MR) is 84.2 cm³/mol. The maximum Gasteiger partial charge on any atom is 0.237 e. The Morgan fingerprint density at radius 2 is 1.95 bits per heavy atom. The number of aliphatic hydroxyl groups excluding tert-OH is 1. The molecule has 1 amide bonds. The molecule has 2 aliphatic rings. The summed E-state index contributed by atoms with van der Waals surface area (Å²) >= 11 is 0. The summed E-state index contributed by atoms with van der Waals surface area (Å²) in [5.41, 5.74) is -0.445. The van der Waals surface area contributed by atoms with Gasteiger partial charge in [0.2, 0.25) is 5.91 Å². The molecule has 3 N–H and O–H groups in total. The van der Waals surface area contributed by atoms with E-state index in [2.05, 4.69) is 15.5 Å². The normalized spacial score (nSPS) is 25.2. The van der Waals surface area contributed by atoms with E-state index >= 15 is 0 Å². The maximum absolute atomic E-state index is 12.7. The first-order valence-corrected chi connectivity index (χ1v) is 8.55. The van der Waals surface area contributed by atoms with Crippen molar-refractivity contribution in [2.24, 2.45) is 0 Å². The van der Waals surface area contributed by atoms with Crippen LogP contribution in [0.1, 0.15) is 52.4 Å². The van der Waals surface area contributed by atoms with Crippen molar-refractivity contribution in [3.05, 3.63) is 0 Å². The van der Waals surface area contributed by atoms with Gasteiger partial charge in [-0.1, -0.05) is 13.8 Å². The van der Waals surface area contributed by atoms with Crippen LogP contribution in [0.25, 0.3) is 0 Å². The van der Waals surface area contributed by atoms with E-state index in [9.17, 15) is 9.90 Å². The summed E-state index contributed by atoms with van der Waals surface area (Å²) in [6.07, 6.45) is 5.86. The fourth-order valence-electron chi connectivity index (χ4n) is 3.68. The van der Waals surface area contributed by atoms with E-state index in [-0.39, 0.29) is 18.6 Å². The second-order valence-corrected chi connectivity index (χ2v) is 6.51. The molecule has 2 aliphatic heterocycles. The van der Waals surface area contributed by atoms with Crippen LogP contribution in [0.3, 0.4) is 0 Å². The molecule has 2 heterocycles. The van der Waals surface area contributed by atoms with Gasteiger partial charge in [0.15, 0.2) is 0 Å². The molecule has 0 spiro atoms. The van der Waals surface area contributed by atoms with Crippen LogP contribution in [-0.2, 0) is 4.79 Å². The smallest absolute Gasteiger partial charge is 0.237 e. The van der Waals surface area contributed by atoms with Crippen molar-refractivity contribution in [2.45, 2.75) is 70.0 Å². The summed E-state index contributed by atoms with van der Waals surface area (Å²) < 4.78 is 0. The third kappa shape index (κ3) is 3.76. The van der Waals surface area contributed by atoms with Gasteiger partial charge in [-0.05, 0) is 58.2 Å². The van der Waals surface area contributed by atoms with Crippen molar-refractivity contribution in [2.75, 3.05) is 26.2 Å². The molecule has 1 atom stereocenters. The lowest BCUT2D eigenvalue weighted by molar-refractivity contribution is -0.129. The number of amides is 1. The molecule has 2 rings (SSSR count). The van der Waals surface area contributed by atoms with Gasteiger partial charge in [-0.2, -0.15) is 0 Å². The Bertz CT molecular complexity index is 330. The molecule has 0 aromatic carbocycles. The van der Waals surface area contributed by atoms with Crippen LogP contribution in [0.15, 0.2) is 0 Å². The van der Waals surface area contributed by atoms with Crippen molar-refractivity contribution < 1.29 is 9.90 Å². The van der Waals surface area contributed by atoms with Crippen LogP contribution in [0, 0.1) is 0 Å². The zero-order valence-electron chi connectivity index (χ0n) is 13.5. The van der Waals surface area contributed by atoms with Crippen molar-refractivity contribution in [3.63, 3.8) is 0 Å². The molecule has 2 fully saturated rings. The maximum atomic E-state index is 12.7. The van der Waals surface area contributed by atoms with Crippen LogP contribution < -0.4 is 10.6 Å². The van der Waals surface area contributed by atoms with Gasteiger partial charge in [0.1, 0.15) is 0 Å². The molecule has 5 heteroatoms. The van der Waals surface area contributed by atoms with Gasteiger partial charge in [-0.3, -0.25) is 9.69 Å². The molecule has 1 unspecified atom stereocenters. The molecule has 0 aromatic heterocycles. The second kappa shape index (κ2) is 7.56. The minimum Gasteiger partial charge on any atom is -0.394 e. The Hall–Kier alpha value is -0.650. The molecule has 2 saturated heterocycles. The van der Waals surface area contributed by atoms with Crippen molar-refractivity contribution in [1.29, 1.82) is 0 Å². The molecule has 122 valence electrons. The van der Waals surface area contributed by atoms with E-state index in [4.69, 9.17) is 0 Å². The molecular formula is C16H31N3O2. The zero-order chi connectivity index (χ0) is 15.3. The lowest BCUT2D eigenvalue weighted by Crippen LogP contribution is -2.57. The van der Waals surface area contributed by atoms with E-state index < -0.39 is 5.54 Å². The molecule has 0 saturated carbocycles. The lowest BCUT2D eigenvalue weighted by Gasteiger charge is -2.37. The number of nitrogens with zero attached hydrogens (tertiary/aromatic N) is 1. The van der Waals surface area contributed by atoms with Crippen molar-refractivity contribution in [1.82, 2.24) is 15.5 Å². The fourth-order valence-corrected chi connectivity index (χ4v) is 3.68. The van der Waals surface area contributed by atoms with Crippen molar-refractivity contribution in [3.8, 4) is 0 Å². The summed E-state index contributed by atoms with van der Waals surface area (Å²) in [6.45, 7) is 7.22. The molecule has 0 aliphatic carbocycles. The molecule has 0 aromatic rings. The summed E-state index contributed by atoms with van der Waals surface area (Å²) in [6, 6.07) is 0.536. The highest BCUT2D eigenvalue weighted by Gasteiger charge is 2.38. The predicted octanol–water partition coefficient (Wildman–Crippen LogP) is 0.870. The van der Waals surface area contributed by atoms with Gasteiger partial charge in [0.05, 0.1) is 18.2 Å². The van der Waals surface area contributed by atoms with Gasteiger partial charge in [0.25, 0.3) is 0 Å². The minimum atomic E-state index is -0.445. The highest BCUT2D eigenvalue weighted by molar-refractivity contribution is 5.82. The number of piperidine rings is 1. The largest absolute Gasteiger partial charge is 0.394 e. The number of hydrogen-bond donors (Lipinski definition) is 3. The Morgan fingerprint density at radius 3 is 2.52 bits per heavy atom. The summed E-state index contributed by atoms with van der Waals surface area (Å²) in [4.78, 5) is 15.1.